The predicted octanol–water partition coefficient (Wildman–Crippen LogP) is 6.65. The van der Waals surface area contributed by atoms with Gasteiger partial charge in [0.05, 0.1) is 0 Å². The summed E-state index contributed by atoms with van der Waals surface area (Å²) in [6.07, 6.45) is 34.1. The molecule has 0 aliphatic carbocycles. The van der Waals surface area contributed by atoms with Crippen LogP contribution in [0.15, 0.2) is 60.8 Å². The van der Waals surface area contributed by atoms with Gasteiger partial charge in [0.25, 0.3) is 0 Å². The van der Waals surface area contributed by atoms with E-state index < -0.39 is 0 Å². The van der Waals surface area contributed by atoms with Gasteiger partial charge in [-0.2, -0.15) is 0 Å². The lowest BCUT2D eigenvalue weighted by molar-refractivity contribution is 0.850. The molecule has 1 heteroatoms. The average molecular weight is 316 g/mol. The van der Waals surface area contributed by atoms with Crippen molar-refractivity contribution in [3.63, 3.8) is 0 Å². The van der Waals surface area contributed by atoms with Crippen molar-refractivity contribution in [1.82, 2.24) is 0 Å². The largest absolute Gasteiger partial charge is 0.330 e. The summed E-state index contributed by atoms with van der Waals surface area (Å²) in [5.74, 6) is 0. The first-order chi connectivity index (χ1) is 11.4. The first kappa shape index (κ1) is 21.7. The average Bonchev–Trinajstić information content (AvgIpc) is 2.57. The highest BCUT2D eigenvalue weighted by molar-refractivity contribution is 4.95. The van der Waals surface area contributed by atoms with Crippen LogP contribution < -0.4 is 5.73 Å². The van der Waals surface area contributed by atoms with Crippen LogP contribution in [0.5, 0.6) is 0 Å². The van der Waals surface area contributed by atoms with Gasteiger partial charge >= 0.3 is 0 Å². The van der Waals surface area contributed by atoms with Crippen LogP contribution in [0.1, 0.15) is 71.1 Å². The molecule has 0 heterocycles. The van der Waals surface area contributed by atoms with E-state index >= 15 is 0 Å². The lowest BCUT2D eigenvalue weighted by Crippen LogP contribution is -1.96. The molecule has 1 nitrogen and oxygen atoms in total. The third-order valence-electron chi connectivity index (χ3n) is 3.42. The van der Waals surface area contributed by atoms with Crippen molar-refractivity contribution in [3.8, 4) is 0 Å². The standard InChI is InChI=1S/C22H37N/c1-2-3-4-5-6-7-8-9-10-11-12-13-14-15-16-17-18-19-20-21-22-23/h3-4,7-8,10-11,14-15,18-19H,2,5-6,9,12-13,16-17,20-23H2,1H3/b4-3+,8-7+,11-10+,15-14+,19-18+. The Bertz CT molecular complexity index is 358. The molecular formula is C22H37N. The van der Waals surface area contributed by atoms with E-state index in [9.17, 15) is 0 Å². The van der Waals surface area contributed by atoms with Gasteiger partial charge in [0, 0.05) is 0 Å². The molecule has 0 fully saturated rings. The summed E-state index contributed by atoms with van der Waals surface area (Å²) in [6, 6.07) is 0. The van der Waals surface area contributed by atoms with Crippen molar-refractivity contribution in [1.29, 1.82) is 0 Å². The van der Waals surface area contributed by atoms with Crippen LogP contribution in [0.25, 0.3) is 0 Å². The Kier molecular flexibility index (Phi) is 19.5. The lowest BCUT2D eigenvalue weighted by atomic mass is 10.2. The highest BCUT2D eigenvalue weighted by Crippen LogP contribution is 2.00. The molecule has 0 aliphatic heterocycles. The number of rotatable bonds is 15. The zero-order chi connectivity index (χ0) is 16.8. The third-order valence-corrected chi connectivity index (χ3v) is 3.42. The molecule has 0 aliphatic rings. The highest BCUT2D eigenvalue weighted by atomic mass is 14.5. The molecule has 0 radical (unpaired) electrons. The van der Waals surface area contributed by atoms with Crippen molar-refractivity contribution in [2.45, 2.75) is 71.1 Å². The zero-order valence-corrected chi connectivity index (χ0v) is 15.1. The van der Waals surface area contributed by atoms with Crippen molar-refractivity contribution < 1.29 is 0 Å². The second kappa shape index (κ2) is 20.7. The zero-order valence-electron chi connectivity index (χ0n) is 15.1. The van der Waals surface area contributed by atoms with Gasteiger partial charge in [-0.25, -0.2) is 0 Å². The first-order valence-corrected chi connectivity index (χ1v) is 9.36. The van der Waals surface area contributed by atoms with Crippen LogP contribution in [0.2, 0.25) is 0 Å². The van der Waals surface area contributed by atoms with Crippen LogP contribution in [0.3, 0.4) is 0 Å². The normalized spacial score (nSPS) is 13.0. The van der Waals surface area contributed by atoms with E-state index in [1.807, 2.05) is 0 Å². The fraction of sp³-hybridized carbons (Fsp3) is 0.545. The van der Waals surface area contributed by atoms with Gasteiger partial charge in [0.2, 0.25) is 0 Å². The minimum Gasteiger partial charge on any atom is -0.330 e. The van der Waals surface area contributed by atoms with E-state index in [2.05, 4.69) is 67.7 Å². The van der Waals surface area contributed by atoms with Gasteiger partial charge < -0.3 is 5.73 Å². The molecule has 23 heavy (non-hydrogen) atoms. The summed E-state index contributed by atoms with van der Waals surface area (Å²) < 4.78 is 0. The minimum atomic E-state index is 0.795. The van der Waals surface area contributed by atoms with Gasteiger partial charge in [-0.3, -0.25) is 0 Å². The Morgan fingerprint density at radius 2 is 0.913 bits per heavy atom. The number of hydrogen-bond donors (Lipinski definition) is 1. The van der Waals surface area contributed by atoms with Crippen molar-refractivity contribution >= 4 is 0 Å². The second-order valence-electron chi connectivity index (χ2n) is 5.66. The van der Waals surface area contributed by atoms with Gasteiger partial charge in [-0.05, 0) is 70.8 Å². The number of nitrogens with two attached hydrogens (primary N) is 1. The van der Waals surface area contributed by atoms with Gasteiger partial charge in [0.1, 0.15) is 0 Å². The molecule has 0 spiro atoms. The molecule has 0 saturated carbocycles. The molecule has 130 valence electrons. The Hall–Kier alpha value is -1.34. The van der Waals surface area contributed by atoms with Gasteiger partial charge in [0.15, 0.2) is 0 Å². The smallest absolute Gasteiger partial charge is 0.00743 e. The summed E-state index contributed by atoms with van der Waals surface area (Å²) in [4.78, 5) is 0. The SMILES string of the molecule is CC/C=C/CC/C=C/C/C=C/CC/C=C/CC/C=C/CCCN. The maximum Gasteiger partial charge on any atom is -0.00743 e. The summed E-state index contributed by atoms with van der Waals surface area (Å²) >= 11 is 0. The molecule has 0 aromatic carbocycles. The highest BCUT2D eigenvalue weighted by Gasteiger charge is 1.81. The molecule has 0 aromatic heterocycles. The summed E-state index contributed by atoms with van der Waals surface area (Å²) in [7, 11) is 0. The number of hydrogen-bond acceptors (Lipinski definition) is 1. The molecule has 0 atom stereocenters. The van der Waals surface area contributed by atoms with Gasteiger partial charge in [-0.1, -0.05) is 67.7 Å². The second-order valence-corrected chi connectivity index (χ2v) is 5.66. The summed E-state index contributed by atoms with van der Waals surface area (Å²) in [5.41, 5.74) is 5.45. The Labute approximate surface area is 144 Å². The fourth-order valence-electron chi connectivity index (χ4n) is 2.08. The first-order valence-electron chi connectivity index (χ1n) is 9.36. The van der Waals surface area contributed by atoms with E-state index in [0.717, 1.165) is 64.3 Å². The van der Waals surface area contributed by atoms with Crippen LogP contribution in [-0.4, -0.2) is 6.54 Å². The van der Waals surface area contributed by atoms with E-state index in [-0.39, 0.29) is 0 Å². The molecule has 0 bridgehead atoms. The van der Waals surface area contributed by atoms with Crippen LogP contribution >= 0.6 is 0 Å². The Morgan fingerprint density at radius 3 is 1.35 bits per heavy atom. The summed E-state index contributed by atoms with van der Waals surface area (Å²) in [5, 5.41) is 0. The van der Waals surface area contributed by atoms with Crippen molar-refractivity contribution in [2.75, 3.05) is 6.54 Å². The molecule has 0 unspecified atom stereocenters. The van der Waals surface area contributed by atoms with Crippen molar-refractivity contribution in [3.05, 3.63) is 60.8 Å². The Balaban J connectivity index is 3.36. The maximum absolute atomic E-state index is 5.45. The lowest BCUT2D eigenvalue weighted by Gasteiger charge is -1.90. The third kappa shape index (κ3) is 20.7. The minimum absolute atomic E-state index is 0.795. The quantitative estimate of drug-likeness (QED) is 0.266. The van der Waals surface area contributed by atoms with E-state index in [4.69, 9.17) is 5.73 Å². The molecule has 0 rings (SSSR count). The molecule has 0 saturated heterocycles. The maximum atomic E-state index is 5.45. The van der Waals surface area contributed by atoms with E-state index in [1.165, 1.54) is 6.42 Å². The van der Waals surface area contributed by atoms with Crippen LogP contribution in [0.4, 0.5) is 0 Å². The topological polar surface area (TPSA) is 26.0 Å². The van der Waals surface area contributed by atoms with E-state index in [1.54, 1.807) is 0 Å². The molecule has 2 N–H and O–H groups in total. The molecule has 0 aromatic rings. The van der Waals surface area contributed by atoms with E-state index in [0.29, 0.717) is 0 Å². The molecular weight excluding hydrogens is 278 g/mol. The summed E-state index contributed by atoms with van der Waals surface area (Å²) in [6.45, 7) is 2.97. The monoisotopic (exact) mass is 315 g/mol. The van der Waals surface area contributed by atoms with Gasteiger partial charge in [-0.15, -0.1) is 0 Å². The van der Waals surface area contributed by atoms with Crippen molar-refractivity contribution in [2.24, 2.45) is 5.73 Å². The molecule has 0 amide bonds. The predicted molar refractivity (Wildman–Crippen MR) is 107 cm³/mol. The number of unbranched alkanes of at least 4 members (excludes halogenated alkanes) is 4. The number of allylic oxidation sites excluding steroid dienone is 10. The van der Waals surface area contributed by atoms with Crippen LogP contribution in [-0.2, 0) is 0 Å². The fourth-order valence-corrected chi connectivity index (χ4v) is 2.08. The van der Waals surface area contributed by atoms with Crippen LogP contribution in [0, 0.1) is 0 Å². The Morgan fingerprint density at radius 1 is 0.522 bits per heavy atom.